The Labute approximate surface area is 261 Å². The third kappa shape index (κ3) is 11.1. The quantitative estimate of drug-likeness (QED) is 0.113. The van der Waals surface area contributed by atoms with Gasteiger partial charge in [0.1, 0.15) is 11.5 Å². The van der Waals surface area contributed by atoms with E-state index < -0.39 is 32.9 Å². The molecule has 10 nitrogen and oxygen atoms in total. The van der Waals surface area contributed by atoms with Gasteiger partial charge in [0, 0.05) is 6.42 Å². The molecule has 2 rings (SSSR count). The van der Waals surface area contributed by atoms with Crippen molar-refractivity contribution in [3.8, 4) is 11.5 Å². The molecule has 0 aliphatic carbocycles. The number of anilines is 1. The summed E-state index contributed by atoms with van der Waals surface area (Å²) < 4.78 is 22.7. The van der Waals surface area contributed by atoms with E-state index in [0.29, 0.717) is 0 Å². The molecule has 1 amide bonds. The van der Waals surface area contributed by atoms with Crippen LogP contribution in [0, 0.1) is 0 Å². The van der Waals surface area contributed by atoms with Gasteiger partial charge in [0.2, 0.25) is 5.91 Å². The normalized spacial score (nSPS) is 13.3. The monoisotopic (exact) mass is 577 g/mol. The first-order valence-corrected chi connectivity index (χ1v) is 14.7. The van der Waals surface area contributed by atoms with Crippen LogP contribution in [0.2, 0.25) is 0 Å². The number of phenols is 2. The maximum absolute atomic E-state index is 12.4. The molecule has 0 heterocycles. The first-order chi connectivity index (χ1) is 16.3. The van der Waals surface area contributed by atoms with Crippen molar-refractivity contribution in [2.75, 3.05) is 5.32 Å². The van der Waals surface area contributed by atoms with E-state index in [1.54, 1.807) is 24.3 Å². The number of carbonyl (C=O) groups is 1. The van der Waals surface area contributed by atoms with Gasteiger partial charge in [-0.25, -0.2) is 0 Å². The van der Waals surface area contributed by atoms with Gasteiger partial charge in [-0.05, 0) is 72.9 Å². The Bertz CT molecular complexity index is 1080. The fraction of sp³-hybridized carbons (Fsp3) is 0.435. The Morgan fingerprint density at radius 2 is 1.32 bits per heavy atom. The first kappa shape index (κ1) is 36.8. The third-order valence-electron chi connectivity index (χ3n) is 6.05. The van der Waals surface area contributed by atoms with Crippen molar-refractivity contribution in [1.29, 1.82) is 0 Å². The molecule has 0 spiro atoms. The Balaban J connectivity index is 0.00000648. The average molecular weight is 577 g/mol. The third-order valence-corrected chi connectivity index (χ3v) is 9.93. The molecule has 14 heteroatoms. The van der Waals surface area contributed by atoms with Crippen molar-refractivity contribution in [3.05, 3.63) is 53.6 Å². The van der Waals surface area contributed by atoms with Crippen LogP contribution in [0.15, 0.2) is 42.5 Å². The van der Waals surface area contributed by atoms with Crippen LogP contribution in [0.1, 0.15) is 68.9 Å². The zero-order chi connectivity index (χ0) is 26.4. The van der Waals surface area contributed by atoms with E-state index >= 15 is 0 Å². The molecular formula is C23H35NNa2O9P2. The molecule has 0 radical (unpaired) electrons. The Kier molecular flexibility index (Phi) is 16.1. The molecule has 0 bridgehead atoms. The van der Waals surface area contributed by atoms with E-state index in [2.05, 4.69) is 12.2 Å². The van der Waals surface area contributed by atoms with Crippen molar-refractivity contribution in [3.63, 3.8) is 0 Å². The zero-order valence-electron chi connectivity index (χ0n) is 19.6. The molecule has 198 valence electrons. The number of amides is 1. The second-order valence-corrected chi connectivity index (χ2v) is 12.5. The molecule has 37 heavy (non-hydrogen) atoms. The molecule has 0 saturated heterocycles. The number of hydrogen-bond acceptors (Lipinski definition) is 5. The SMILES string of the molecule is CCC(c1ccc(O)cc1)C(CC)c1ccc(O)c(NC(=O)CCCC(P(=O)(O)O)P(=O)(O)O)c1.[NaH].[NaH]. The van der Waals surface area contributed by atoms with Gasteiger partial charge in [-0.15, -0.1) is 0 Å². The van der Waals surface area contributed by atoms with Crippen LogP contribution in [0.5, 0.6) is 11.5 Å². The summed E-state index contributed by atoms with van der Waals surface area (Å²) in [7, 11) is -10.1. The van der Waals surface area contributed by atoms with Gasteiger partial charge in [0.25, 0.3) is 0 Å². The van der Waals surface area contributed by atoms with Crippen LogP contribution in [-0.4, -0.2) is 100 Å². The number of aromatic hydroxyl groups is 2. The predicted molar refractivity (Wildman–Crippen MR) is 147 cm³/mol. The van der Waals surface area contributed by atoms with Crippen LogP contribution in [0.4, 0.5) is 5.69 Å². The fourth-order valence-corrected chi connectivity index (χ4v) is 6.91. The van der Waals surface area contributed by atoms with Gasteiger partial charge in [-0.3, -0.25) is 13.9 Å². The van der Waals surface area contributed by atoms with Gasteiger partial charge in [-0.1, -0.05) is 32.0 Å². The van der Waals surface area contributed by atoms with Gasteiger partial charge in [0.05, 0.1) is 5.69 Å². The first-order valence-electron chi connectivity index (χ1n) is 11.3. The molecular weight excluding hydrogens is 542 g/mol. The maximum atomic E-state index is 12.4. The van der Waals surface area contributed by atoms with E-state index in [1.165, 1.54) is 6.07 Å². The Hall–Kier alpha value is -0.190. The number of hydrogen-bond donors (Lipinski definition) is 7. The second-order valence-electron chi connectivity index (χ2n) is 8.50. The van der Waals surface area contributed by atoms with Crippen LogP contribution in [0.25, 0.3) is 0 Å². The molecule has 2 aromatic carbocycles. The summed E-state index contributed by atoms with van der Waals surface area (Å²) in [6.45, 7) is 4.10. The summed E-state index contributed by atoms with van der Waals surface area (Å²) in [4.78, 5) is 49.2. The minimum absolute atomic E-state index is 0. The number of benzene rings is 2. The van der Waals surface area contributed by atoms with Crippen LogP contribution in [-0.2, 0) is 13.9 Å². The second kappa shape index (κ2) is 16.2. The van der Waals surface area contributed by atoms with Crippen LogP contribution < -0.4 is 5.32 Å². The van der Waals surface area contributed by atoms with E-state index in [4.69, 9.17) is 0 Å². The van der Waals surface area contributed by atoms with Crippen LogP contribution in [0.3, 0.4) is 0 Å². The molecule has 0 aromatic heterocycles. The van der Waals surface area contributed by atoms with E-state index in [1.807, 2.05) is 19.1 Å². The van der Waals surface area contributed by atoms with Gasteiger partial charge < -0.3 is 35.1 Å². The fourth-order valence-electron chi connectivity index (χ4n) is 4.30. The molecule has 0 aliphatic heterocycles. The summed E-state index contributed by atoms with van der Waals surface area (Å²) in [5.41, 5.74) is 2.12. The summed E-state index contributed by atoms with van der Waals surface area (Å²) in [6.07, 6.45) is 0.665. The topological polar surface area (TPSA) is 185 Å². The number of rotatable bonds is 12. The number of carbonyl (C=O) groups excluding carboxylic acids is 1. The van der Waals surface area contributed by atoms with Crippen molar-refractivity contribution in [2.45, 2.75) is 63.2 Å². The van der Waals surface area contributed by atoms with Crippen molar-refractivity contribution >= 4 is 85.9 Å². The predicted octanol–water partition coefficient (Wildman–Crippen LogP) is 3.28. The standard InChI is InChI=1S/C23H33NO9P2.2Na.2H/c1-3-18(15-8-11-17(25)12-9-15)19(4-2)16-10-13-21(26)20(14-16)24-22(27)6-5-7-23(34(28,29)30)35(31,32)33;;;;/h8-14,18-19,23,25-26H,3-7H2,1-2H3,(H,24,27)(H2,28,29,30)(H2,31,32,33);;;;. The molecule has 0 aliphatic rings. The summed E-state index contributed by atoms with van der Waals surface area (Å²) >= 11 is 0. The van der Waals surface area contributed by atoms with Gasteiger partial charge in [-0.2, -0.15) is 0 Å². The molecule has 0 fully saturated rings. The van der Waals surface area contributed by atoms with Crippen molar-refractivity contribution < 1.29 is 43.7 Å². The molecule has 7 N–H and O–H groups in total. The van der Waals surface area contributed by atoms with Crippen molar-refractivity contribution in [1.82, 2.24) is 0 Å². The van der Waals surface area contributed by atoms with E-state index in [-0.39, 0.29) is 101 Å². The van der Waals surface area contributed by atoms with Gasteiger partial charge in [0.15, 0.2) is 5.40 Å². The summed E-state index contributed by atoms with van der Waals surface area (Å²) in [6, 6.07) is 12.0. The van der Waals surface area contributed by atoms with E-state index in [9.17, 15) is 43.7 Å². The van der Waals surface area contributed by atoms with Gasteiger partial charge >= 0.3 is 74.3 Å². The average Bonchev–Trinajstić information content (AvgIpc) is 2.75. The molecule has 2 aromatic rings. The Morgan fingerprint density at radius 3 is 1.81 bits per heavy atom. The number of phenolic OH excluding ortho intramolecular Hbond substituents is 2. The minimum atomic E-state index is -5.04. The molecule has 2 atom stereocenters. The van der Waals surface area contributed by atoms with Crippen molar-refractivity contribution in [2.24, 2.45) is 0 Å². The summed E-state index contributed by atoms with van der Waals surface area (Å²) in [5, 5.41) is 20.3. The number of nitrogens with one attached hydrogen (secondary N) is 1. The summed E-state index contributed by atoms with van der Waals surface area (Å²) in [5.74, 6) is -0.345. The molecule has 2 unspecified atom stereocenters. The van der Waals surface area contributed by atoms with E-state index in [0.717, 1.165) is 24.0 Å². The van der Waals surface area contributed by atoms with Crippen LogP contribution >= 0.6 is 15.2 Å². The zero-order valence-corrected chi connectivity index (χ0v) is 21.4. The Morgan fingerprint density at radius 1 is 0.838 bits per heavy atom. The molecule has 0 saturated carbocycles.